The Kier molecular flexibility index (Phi) is 3.97. The number of H-pyrrole nitrogens is 1. The van der Waals surface area contributed by atoms with Crippen molar-refractivity contribution in [1.29, 1.82) is 0 Å². The zero-order valence-electron chi connectivity index (χ0n) is 9.85. The van der Waals surface area contributed by atoms with Gasteiger partial charge in [-0.1, -0.05) is 0 Å². The molecule has 1 amide bonds. The highest BCUT2D eigenvalue weighted by atomic mass is 32.2. The first-order valence-corrected chi connectivity index (χ1v) is 7.33. The van der Waals surface area contributed by atoms with E-state index in [0.717, 1.165) is 12.8 Å². The number of aromatic amines is 1. The second kappa shape index (κ2) is 5.49. The quantitative estimate of drug-likeness (QED) is 0.595. The van der Waals surface area contributed by atoms with Gasteiger partial charge in [-0.3, -0.25) is 4.79 Å². The van der Waals surface area contributed by atoms with Crippen molar-refractivity contribution in [2.24, 2.45) is 0 Å². The Morgan fingerprint density at radius 1 is 1.50 bits per heavy atom. The van der Waals surface area contributed by atoms with Crippen LogP contribution in [0.2, 0.25) is 0 Å². The zero-order chi connectivity index (χ0) is 13.0. The van der Waals surface area contributed by atoms with E-state index >= 15 is 0 Å². The summed E-state index contributed by atoms with van der Waals surface area (Å²) >= 11 is 0. The van der Waals surface area contributed by atoms with Crippen LogP contribution in [0.4, 0.5) is 0 Å². The summed E-state index contributed by atoms with van der Waals surface area (Å²) in [5, 5.41) is 2.88. The van der Waals surface area contributed by atoms with E-state index in [1.807, 2.05) is 0 Å². The maximum absolute atomic E-state index is 11.6. The lowest BCUT2D eigenvalue weighted by molar-refractivity contribution is -0.121. The van der Waals surface area contributed by atoms with Gasteiger partial charge in [0.1, 0.15) is 0 Å². The maximum Gasteiger partial charge on any atom is 0.257 e. The second-order valence-electron chi connectivity index (χ2n) is 4.26. The Morgan fingerprint density at radius 3 is 2.89 bits per heavy atom. The summed E-state index contributed by atoms with van der Waals surface area (Å²) in [5.41, 5.74) is 0. The largest absolute Gasteiger partial charge is 0.353 e. The van der Waals surface area contributed by atoms with Gasteiger partial charge in [0, 0.05) is 19.0 Å². The highest BCUT2D eigenvalue weighted by Gasteiger charge is 2.22. The van der Waals surface area contributed by atoms with Crippen LogP contribution >= 0.6 is 0 Å². The second-order valence-corrected chi connectivity index (χ2v) is 5.99. The van der Waals surface area contributed by atoms with Crippen molar-refractivity contribution in [3.05, 3.63) is 12.5 Å². The lowest BCUT2D eigenvalue weighted by Crippen LogP contribution is -2.28. The Labute approximate surface area is 105 Å². The maximum atomic E-state index is 11.6. The van der Waals surface area contributed by atoms with Crippen LogP contribution in [0.25, 0.3) is 0 Å². The van der Waals surface area contributed by atoms with Crippen LogP contribution in [0.3, 0.4) is 0 Å². The summed E-state index contributed by atoms with van der Waals surface area (Å²) in [5.74, 6) is -0.0155. The summed E-state index contributed by atoms with van der Waals surface area (Å²) in [6.45, 7) is 0.236. The van der Waals surface area contributed by atoms with Crippen molar-refractivity contribution >= 4 is 15.9 Å². The molecule has 18 heavy (non-hydrogen) atoms. The molecule has 1 saturated carbocycles. The smallest absolute Gasteiger partial charge is 0.257 e. The molecule has 7 nitrogen and oxygen atoms in total. The van der Waals surface area contributed by atoms with E-state index in [1.54, 1.807) is 0 Å². The predicted octanol–water partition coefficient (Wildman–Crippen LogP) is -0.253. The van der Waals surface area contributed by atoms with Gasteiger partial charge in [0.15, 0.2) is 5.03 Å². The SMILES string of the molecule is O=C(CCCNS(=O)(=O)c1cnc[nH]1)NC1CC1. The topological polar surface area (TPSA) is 104 Å². The van der Waals surface area contributed by atoms with Crippen molar-refractivity contribution in [3.8, 4) is 0 Å². The van der Waals surface area contributed by atoms with Crippen LogP contribution in [0.15, 0.2) is 17.6 Å². The number of sulfonamides is 1. The predicted molar refractivity (Wildman–Crippen MR) is 64.2 cm³/mol. The first-order valence-electron chi connectivity index (χ1n) is 5.85. The summed E-state index contributed by atoms with van der Waals surface area (Å²) < 4.78 is 25.7. The Hall–Kier alpha value is -1.41. The fourth-order valence-corrected chi connectivity index (χ4v) is 2.43. The van der Waals surface area contributed by atoms with E-state index in [9.17, 15) is 13.2 Å². The molecule has 2 rings (SSSR count). The van der Waals surface area contributed by atoms with E-state index in [0.29, 0.717) is 18.9 Å². The summed E-state index contributed by atoms with van der Waals surface area (Å²) in [4.78, 5) is 17.5. The molecule has 1 aliphatic rings. The minimum Gasteiger partial charge on any atom is -0.353 e. The molecule has 0 saturated heterocycles. The number of hydrogen-bond acceptors (Lipinski definition) is 4. The molecule has 1 aromatic heterocycles. The van der Waals surface area contributed by atoms with Crippen LogP contribution in [-0.2, 0) is 14.8 Å². The molecule has 3 N–H and O–H groups in total. The number of rotatable bonds is 7. The monoisotopic (exact) mass is 272 g/mol. The standard InChI is InChI=1S/C10H16N4O3S/c15-9(14-8-3-4-8)2-1-5-13-18(16,17)10-6-11-7-12-10/h6-8,13H,1-5H2,(H,11,12)(H,14,15). The molecular weight excluding hydrogens is 256 g/mol. The highest BCUT2D eigenvalue weighted by Crippen LogP contribution is 2.18. The van der Waals surface area contributed by atoms with Crippen molar-refractivity contribution in [1.82, 2.24) is 20.0 Å². The minimum atomic E-state index is -3.53. The molecule has 0 radical (unpaired) electrons. The van der Waals surface area contributed by atoms with E-state index in [4.69, 9.17) is 0 Å². The molecule has 0 bridgehead atoms. The molecule has 100 valence electrons. The first-order chi connectivity index (χ1) is 8.58. The number of carbonyl (C=O) groups excluding carboxylic acids is 1. The number of nitrogens with one attached hydrogen (secondary N) is 3. The number of nitrogens with zero attached hydrogens (tertiary/aromatic N) is 1. The Bertz CT molecular complexity index is 493. The zero-order valence-corrected chi connectivity index (χ0v) is 10.7. The van der Waals surface area contributed by atoms with Gasteiger partial charge in [0.25, 0.3) is 10.0 Å². The first kappa shape index (κ1) is 13.0. The van der Waals surface area contributed by atoms with Crippen LogP contribution in [0.1, 0.15) is 25.7 Å². The number of aromatic nitrogens is 2. The van der Waals surface area contributed by atoms with Gasteiger partial charge in [-0.2, -0.15) is 0 Å². The van der Waals surface area contributed by atoms with Gasteiger partial charge < -0.3 is 10.3 Å². The third-order valence-corrected chi connectivity index (χ3v) is 3.96. The molecule has 0 unspecified atom stereocenters. The van der Waals surface area contributed by atoms with Crippen molar-refractivity contribution in [2.45, 2.75) is 36.8 Å². The molecule has 0 aromatic carbocycles. The lowest BCUT2D eigenvalue weighted by Gasteiger charge is -2.05. The molecule has 1 heterocycles. The van der Waals surface area contributed by atoms with Crippen LogP contribution < -0.4 is 10.0 Å². The fourth-order valence-electron chi connectivity index (χ4n) is 1.45. The summed E-state index contributed by atoms with van der Waals surface area (Å²) in [6, 6.07) is 0.346. The summed E-state index contributed by atoms with van der Waals surface area (Å²) in [7, 11) is -3.53. The van der Waals surface area contributed by atoms with E-state index < -0.39 is 10.0 Å². The normalized spacial score (nSPS) is 15.6. The number of imidazole rings is 1. The average molecular weight is 272 g/mol. The van der Waals surface area contributed by atoms with Crippen LogP contribution in [0, 0.1) is 0 Å². The fraction of sp³-hybridized carbons (Fsp3) is 0.600. The molecule has 0 atom stereocenters. The lowest BCUT2D eigenvalue weighted by atomic mass is 10.3. The van der Waals surface area contributed by atoms with Gasteiger partial charge in [-0.25, -0.2) is 18.1 Å². The van der Waals surface area contributed by atoms with Crippen LogP contribution in [-0.4, -0.2) is 36.9 Å². The van der Waals surface area contributed by atoms with Crippen molar-refractivity contribution < 1.29 is 13.2 Å². The van der Waals surface area contributed by atoms with Crippen molar-refractivity contribution in [3.63, 3.8) is 0 Å². The number of carbonyl (C=O) groups is 1. The van der Waals surface area contributed by atoms with Gasteiger partial charge in [-0.15, -0.1) is 0 Å². The number of amides is 1. The van der Waals surface area contributed by atoms with Gasteiger partial charge in [0.05, 0.1) is 12.5 Å². The minimum absolute atomic E-state index is 0.0155. The van der Waals surface area contributed by atoms with Gasteiger partial charge >= 0.3 is 0 Å². The third kappa shape index (κ3) is 3.81. The van der Waals surface area contributed by atoms with Crippen molar-refractivity contribution in [2.75, 3.05) is 6.54 Å². The van der Waals surface area contributed by atoms with E-state index in [2.05, 4.69) is 20.0 Å². The molecule has 1 aliphatic carbocycles. The average Bonchev–Trinajstić information content (AvgIpc) is 2.96. The molecule has 0 spiro atoms. The molecular formula is C10H16N4O3S. The van der Waals surface area contributed by atoms with E-state index in [-0.39, 0.29) is 17.5 Å². The Balaban J connectivity index is 1.67. The Morgan fingerprint density at radius 2 is 2.28 bits per heavy atom. The van der Waals surface area contributed by atoms with Gasteiger partial charge in [-0.05, 0) is 19.3 Å². The molecule has 1 fully saturated rings. The number of hydrogen-bond donors (Lipinski definition) is 3. The summed E-state index contributed by atoms with van der Waals surface area (Å²) in [6.07, 6.45) is 5.46. The van der Waals surface area contributed by atoms with Crippen LogP contribution in [0.5, 0.6) is 0 Å². The highest BCUT2D eigenvalue weighted by molar-refractivity contribution is 7.89. The molecule has 1 aromatic rings. The van der Waals surface area contributed by atoms with E-state index in [1.165, 1.54) is 12.5 Å². The molecule has 8 heteroatoms. The third-order valence-electron chi connectivity index (χ3n) is 2.58. The molecule has 0 aliphatic heterocycles. The van der Waals surface area contributed by atoms with Gasteiger partial charge in [0.2, 0.25) is 5.91 Å².